The Labute approximate surface area is 110 Å². The molecule has 0 aromatic heterocycles. The van der Waals surface area contributed by atoms with Crippen LogP contribution in [0.3, 0.4) is 0 Å². The quantitative estimate of drug-likeness (QED) is 0.755. The molecule has 0 radical (unpaired) electrons. The van der Waals surface area contributed by atoms with Crippen LogP contribution < -0.4 is 4.74 Å². The van der Waals surface area contributed by atoms with Crippen LogP contribution in [-0.2, 0) is 9.47 Å². The zero-order valence-corrected chi connectivity index (χ0v) is 11.7. The highest BCUT2D eigenvalue weighted by atomic mass is 79.9. The predicted molar refractivity (Wildman–Crippen MR) is 69.4 cm³/mol. The first kappa shape index (κ1) is 12.9. The molecule has 4 heteroatoms. The van der Waals surface area contributed by atoms with E-state index in [1.807, 2.05) is 32.0 Å². The number of hydrogen-bond acceptors (Lipinski definition) is 3. The maximum Gasteiger partial charge on any atom is 0.133 e. The Bertz CT molecular complexity index is 377. The van der Waals surface area contributed by atoms with E-state index < -0.39 is 0 Å². The predicted octanol–water partition coefficient (Wildman–Crippen LogP) is 3.32. The SMILES string of the molecule is CCOc1cccc([C@@H](C)OC[C@H]2CO2)c1Br. The van der Waals surface area contributed by atoms with Crippen LogP contribution in [0.15, 0.2) is 22.7 Å². The van der Waals surface area contributed by atoms with Gasteiger partial charge in [0.2, 0.25) is 0 Å². The Hall–Kier alpha value is -0.580. The van der Waals surface area contributed by atoms with Crippen LogP contribution in [0, 0.1) is 0 Å². The Kier molecular flexibility index (Phi) is 4.42. The van der Waals surface area contributed by atoms with Crippen molar-refractivity contribution in [3.05, 3.63) is 28.2 Å². The lowest BCUT2D eigenvalue weighted by Gasteiger charge is -2.16. The van der Waals surface area contributed by atoms with E-state index in [4.69, 9.17) is 14.2 Å². The van der Waals surface area contributed by atoms with Gasteiger partial charge in [0.05, 0.1) is 30.4 Å². The minimum atomic E-state index is 0.0361. The lowest BCUT2D eigenvalue weighted by atomic mass is 10.1. The summed E-state index contributed by atoms with van der Waals surface area (Å²) in [6.07, 6.45) is 0.334. The first-order valence-corrected chi connectivity index (χ1v) is 6.66. The van der Waals surface area contributed by atoms with Crippen molar-refractivity contribution < 1.29 is 14.2 Å². The van der Waals surface area contributed by atoms with Crippen molar-refractivity contribution in [2.45, 2.75) is 26.1 Å². The van der Waals surface area contributed by atoms with Gasteiger partial charge in [0.25, 0.3) is 0 Å². The third-order valence-corrected chi connectivity index (χ3v) is 3.51. The van der Waals surface area contributed by atoms with Gasteiger partial charge in [0, 0.05) is 0 Å². The van der Waals surface area contributed by atoms with Crippen molar-refractivity contribution in [2.75, 3.05) is 19.8 Å². The Morgan fingerprint density at radius 3 is 2.94 bits per heavy atom. The average molecular weight is 301 g/mol. The summed E-state index contributed by atoms with van der Waals surface area (Å²) >= 11 is 3.57. The molecule has 94 valence electrons. The van der Waals surface area contributed by atoms with Crippen LogP contribution in [0.4, 0.5) is 0 Å². The number of epoxide rings is 1. The van der Waals surface area contributed by atoms with Crippen LogP contribution in [0.1, 0.15) is 25.5 Å². The summed E-state index contributed by atoms with van der Waals surface area (Å²) in [4.78, 5) is 0. The molecule has 1 fully saturated rings. The minimum Gasteiger partial charge on any atom is -0.493 e. The smallest absolute Gasteiger partial charge is 0.133 e. The molecule has 17 heavy (non-hydrogen) atoms. The molecule has 0 amide bonds. The van der Waals surface area contributed by atoms with Gasteiger partial charge < -0.3 is 14.2 Å². The number of rotatable bonds is 6. The second-order valence-corrected chi connectivity index (χ2v) is 4.82. The molecule has 1 aromatic rings. The third kappa shape index (κ3) is 3.44. The highest BCUT2D eigenvalue weighted by Crippen LogP contribution is 2.34. The average Bonchev–Trinajstić information content (AvgIpc) is 3.13. The van der Waals surface area contributed by atoms with Gasteiger partial charge >= 0.3 is 0 Å². The highest BCUT2D eigenvalue weighted by molar-refractivity contribution is 9.10. The molecule has 0 N–H and O–H groups in total. The van der Waals surface area contributed by atoms with E-state index in [1.165, 1.54) is 0 Å². The summed E-state index contributed by atoms with van der Waals surface area (Å²) in [5.74, 6) is 0.864. The zero-order chi connectivity index (χ0) is 12.3. The molecule has 1 aliphatic heterocycles. The monoisotopic (exact) mass is 300 g/mol. The standard InChI is InChI=1S/C13H17BrO3/c1-3-15-12-6-4-5-11(13(12)14)9(2)16-7-10-8-17-10/h4-6,9-10H,3,7-8H2,1-2H3/t9-,10+/m1/s1. The van der Waals surface area contributed by atoms with Crippen LogP contribution >= 0.6 is 15.9 Å². The van der Waals surface area contributed by atoms with Gasteiger partial charge in [-0.05, 0) is 41.4 Å². The molecule has 2 rings (SSSR count). The van der Waals surface area contributed by atoms with Gasteiger partial charge in [-0.2, -0.15) is 0 Å². The summed E-state index contributed by atoms with van der Waals surface area (Å²) < 4.78 is 17.4. The van der Waals surface area contributed by atoms with Crippen LogP contribution in [-0.4, -0.2) is 25.9 Å². The molecule has 0 aliphatic carbocycles. The van der Waals surface area contributed by atoms with Crippen molar-refractivity contribution >= 4 is 15.9 Å². The molecule has 3 nitrogen and oxygen atoms in total. The zero-order valence-electron chi connectivity index (χ0n) is 10.1. The van der Waals surface area contributed by atoms with E-state index in [9.17, 15) is 0 Å². The van der Waals surface area contributed by atoms with E-state index in [-0.39, 0.29) is 6.10 Å². The van der Waals surface area contributed by atoms with E-state index in [0.29, 0.717) is 19.3 Å². The highest BCUT2D eigenvalue weighted by Gasteiger charge is 2.24. The van der Waals surface area contributed by atoms with E-state index in [1.54, 1.807) is 0 Å². The van der Waals surface area contributed by atoms with Crippen LogP contribution in [0.25, 0.3) is 0 Å². The summed E-state index contributed by atoms with van der Waals surface area (Å²) in [6, 6.07) is 5.98. The second-order valence-electron chi connectivity index (χ2n) is 4.02. The molecule has 0 bridgehead atoms. The number of benzene rings is 1. The molecule has 2 atom stereocenters. The van der Waals surface area contributed by atoms with Crippen LogP contribution in [0.5, 0.6) is 5.75 Å². The Morgan fingerprint density at radius 2 is 2.29 bits per heavy atom. The molecular formula is C13H17BrO3. The van der Waals surface area contributed by atoms with Crippen molar-refractivity contribution in [2.24, 2.45) is 0 Å². The maximum atomic E-state index is 5.76. The fraction of sp³-hybridized carbons (Fsp3) is 0.538. The third-order valence-electron chi connectivity index (χ3n) is 2.67. The van der Waals surface area contributed by atoms with E-state index >= 15 is 0 Å². The topological polar surface area (TPSA) is 31.0 Å². The minimum absolute atomic E-state index is 0.0361. The molecule has 1 aliphatic rings. The summed E-state index contributed by atoms with van der Waals surface area (Å²) in [5.41, 5.74) is 1.11. The van der Waals surface area contributed by atoms with E-state index in [0.717, 1.165) is 22.4 Å². The number of hydrogen-bond donors (Lipinski definition) is 0. The van der Waals surface area contributed by atoms with Gasteiger partial charge in [-0.25, -0.2) is 0 Å². The van der Waals surface area contributed by atoms with Gasteiger partial charge in [-0.15, -0.1) is 0 Å². The maximum absolute atomic E-state index is 5.76. The summed E-state index contributed by atoms with van der Waals surface area (Å²) in [6.45, 7) is 6.16. The van der Waals surface area contributed by atoms with Gasteiger partial charge in [0.15, 0.2) is 0 Å². The summed E-state index contributed by atoms with van der Waals surface area (Å²) in [7, 11) is 0. The molecule has 1 aromatic carbocycles. The normalized spacial score (nSPS) is 20.1. The van der Waals surface area contributed by atoms with Gasteiger partial charge in [-0.3, -0.25) is 0 Å². The first-order chi connectivity index (χ1) is 8.22. The lowest BCUT2D eigenvalue weighted by Crippen LogP contribution is -2.07. The number of halogens is 1. The molecule has 1 saturated heterocycles. The van der Waals surface area contributed by atoms with Crippen molar-refractivity contribution in [3.8, 4) is 5.75 Å². The first-order valence-electron chi connectivity index (χ1n) is 5.86. The number of ether oxygens (including phenoxy) is 3. The van der Waals surface area contributed by atoms with Gasteiger partial charge in [0.1, 0.15) is 11.9 Å². The van der Waals surface area contributed by atoms with E-state index in [2.05, 4.69) is 15.9 Å². The summed E-state index contributed by atoms with van der Waals surface area (Å²) in [5, 5.41) is 0. The van der Waals surface area contributed by atoms with Crippen molar-refractivity contribution in [1.82, 2.24) is 0 Å². The molecule has 0 saturated carbocycles. The van der Waals surface area contributed by atoms with Crippen molar-refractivity contribution in [3.63, 3.8) is 0 Å². The lowest BCUT2D eigenvalue weighted by molar-refractivity contribution is 0.0533. The molecular weight excluding hydrogens is 284 g/mol. The van der Waals surface area contributed by atoms with Crippen LogP contribution in [0.2, 0.25) is 0 Å². The fourth-order valence-electron chi connectivity index (χ4n) is 1.61. The Morgan fingerprint density at radius 1 is 1.53 bits per heavy atom. The molecule has 0 unspecified atom stereocenters. The second kappa shape index (κ2) is 5.85. The molecule has 1 heterocycles. The Balaban J connectivity index is 2.04. The van der Waals surface area contributed by atoms with Crippen molar-refractivity contribution in [1.29, 1.82) is 0 Å². The molecule has 0 spiro atoms. The van der Waals surface area contributed by atoms with Gasteiger partial charge in [-0.1, -0.05) is 12.1 Å². The fourth-order valence-corrected chi connectivity index (χ4v) is 2.32. The largest absolute Gasteiger partial charge is 0.493 e.